The molecule has 0 saturated carbocycles. The van der Waals surface area contributed by atoms with E-state index in [0.717, 1.165) is 32.1 Å². The highest BCUT2D eigenvalue weighted by Crippen LogP contribution is 2.21. The molecule has 3 rings (SSSR count). The number of aryl methyl sites for hydroxylation is 1. The summed E-state index contributed by atoms with van der Waals surface area (Å²) in [5.74, 6) is 0.655. The van der Waals surface area contributed by atoms with Crippen LogP contribution in [0.15, 0.2) is 42.5 Å². The minimum atomic E-state index is 0.151. The van der Waals surface area contributed by atoms with Gasteiger partial charge in [0.05, 0.1) is 0 Å². The Morgan fingerprint density at radius 1 is 0.960 bits per heavy atom. The summed E-state index contributed by atoms with van der Waals surface area (Å²) in [4.78, 5) is 28.8. The zero-order chi connectivity index (χ0) is 17.5. The van der Waals surface area contributed by atoms with Crippen molar-refractivity contribution in [1.29, 1.82) is 0 Å². The molecule has 4 nitrogen and oxygen atoms in total. The SMILES string of the molecule is O=C(CCCc1ccccc1)N1CCN(C(=O)[C@H]2CC=CCC2)CC1. The summed E-state index contributed by atoms with van der Waals surface area (Å²) in [5, 5.41) is 0. The minimum absolute atomic E-state index is 0.151. The number of rotatable bonds is 5. The lowest BCUT2D eigenvalue weighted by Gasteiger charge is -2.36. The van der Waals surface area contributed by atoms with E-state index in [1.54, 1.807) is 0 Å². The van der Waals surface area contributed by atoms with Crippen molar-refractivity contribution >= 4 is 11.8 Å². The van der Waals surface area contributed by atoms with E-state index in [4.69, 9.17) is 0 Å². The molecular formula is C21H28N2O2. The molecule has 1 aliphatic carbocycles. The van der Waals surface area contributed by atoms with E-state index in [0.29, 0.717) is 32.6 Å². The van der Waals surface area contributed by atoms with Crippen molar-refractivity contribution in [3.63, 3.8) is 0 Å². The van der Waals surface area contributed by atoms with Crippen molar-refractivity contribution in [2.75, 3.05) is 26.2 Å². The number of hydrogen-bond donors (Lipinski definition) is 0. The van der Waals surface area contributed by atoms with Crippen LogP contribution in [0.4, 0.5) is 0 Å². The monoisotopic (exact) mass is 340 g/mol. The Hall–Kier alpha value is -2.10. The van der Waals surface area contributed by atoms with E-state index in [9.17, 15) is 9.59 Å². The predicted octanol–water partition coefficient (Wildman–Crippen LogP) is 3.04. The topological polar surface area (TPSA) is 40.6 Å². The molecule has 1 aromatic rings. The van der Waals surface area contributed by atoms with Gasteiger partial charge < -0.3 is 9.80 Å². The number of benzene rings is 1. The summed E-state index contributed by atoms with van der Waals surface area (Å²) in [6.45, 7) is 2.73. The Morgan fingerprint density at radius 3 is 2.36 bits per heavy atom. The normalized spacial score (nSPS) is 20.6. The lowest BCUT2D eigenvalue weighted by atomic mass is 9.93. The first-order valence-electron chi connectivity index (χ1n) is 9.49. The van der Waals surface area contributed by atoms with E-state index in [1.807, 2.05) is 28.0 Å². The highest BCUT2D eigenvalue weighted by molar-refractivity contribution is 5.80. The zero-order valence-corrected chi connectivity index (χ0v) is 14.9. The first-order valence-corrected chi connectivity index (χ1v) is 9.49. The first-order chi connectivity index (χ1) is 12.2. The molecule has 4 heteroatoms. The van der Waals surface area contributed by atoms with Crippen molar-refractivity contribution in [2.45, 2.75) is 38.5 Å². The van der Waals surface area contributed by atoms with Gasteiger partial charge in [0.1, 0.15) is 0 Å². The molecule has 2 aliphatic rings. The van der Waals surface area contributed by atoms with Crippen LogP contribution < -0.4 is 0 Å². The lowest BCUT2D eigenvalue weighted by molar-refractivity contribution is -0.142. The fraction of sp³-hybridized carbons (Fsp3) is 0.524. The number of piperazine rings is 1. The lowest BCUT2D eigenvalue weighted by Crippen LogP contribution is -2.52. The van der Waals surface area contributed by atoms with Crippen molar-refractivity contribution in [2.24, 2.45) is 5.92 Å². The second kappa shape index (κ2) is 8.84. The number of allylic oxidation sites excluding steroid dienone is 2. The van der Waals surface area contributed by atoms with Crippen LogP contribution in [0.2, 0.25) is 0 Å². The van der Waals surface area contributed by atoms with E-state index in [2.05, 4.69) is 24.3 Å². The molecule has 0 radical (unpaired) electrons. The molecule has 0 spiro atoms. The molecule has 0 unspecified atom stereocenters. The van der Waals surface area contributed by atoms with Crippen molar-refractivity contribution in [3.8, 4) is 0 Å². The van der Waals surface area contributed by atoms with Gasteiger partial charge in [-0.3, -0.25) is 9.59 Å². The maximum Gasteiger partial charge on any atom is 0.226 e. The second-order valence-electron chi connectivity index (χ2n) is 7.03. The van der Waals surface area contributed by atoms with E-state index < -0.39 is 0 Å². The Morgan fingerprint density at radius 2 is 1.68 bits per heavy atom. The maximum absolute atomic E-state index is 12.5. The molecule has 134 valence electrons. The maximum atomic E-state index is 12.5. The summed E-state index contributed by atoms with van der Waals surface area (Å²) < 4.78 is 0. The quantitative estimate of drug-likeness (QED) is 0.773. The van der Waals surface area contributed by atoms with Crippen LogP contribution in [-0.2, 0) is 16.0 Å². The van der Waals surface area contributed by atoms with Crippen molar-refractivity contribution < 1.29 is 9.59 Å². The molecule has 2 amide bonds. The molecule has 1 fully saturated rings. The van der Waals surface area contributed by atoms with Gasteiger partial charge in [-0.15, -0.1) is 0 Å². The standard InChI is InChI=1S/C21H28N2O2/c24-20(13-7-10-18-8-3-1-4-9-18)22-14-16-23(17-15-22)21(25)19-11-5-2-6-12-19/h1-5,8-9,19H,6-7,10-17H2/t19-/m0/s1. The van der Waals surface area contributed by atoms with Crippen molar-refractivity contribution in [3.05, 3.63) is 48.0 Å². The van der Waals surface area contributed by atoms with Gasteiger partial charge in [-0.2, -0.15) is 0 Å². The molecule has 1 aliphatic heterocycles. The largest absolute Gasteiger partial charge is 0.339 e. The Bertz CT molecular complexity index is 604. The molecule has 0 N–H and O–H groups in total. The first kappa shape index (κ1) is 17.7. The molecular weight excluding hydrogens is 312 g/mol. The molecule has 1 saturated heterocycles. The van der Waals surface area contributed by atoms with Crippen LogP contribution in [0, 0.1) is 5.92 Å². The zero-order valence-electron chi connectivity index (χ0n) is 14.9. The molecule has 1 heterocycles. The number of hydrogen-bond acceptors (Lipinski definition) is 2. The summed E-state index contributed by atoms with van der Waals surface area (Å²) in [7, 11) is 0. The van der Waals surface area contributed by atoms with Crippen LogP contribution in [0.25, 0.3) is 0 Å². The average molecular weight is 340 g/mol. The van der Waals surface area contributed by atoms with Gasteiger partial charge in [0.2, 0.25) is 11.8 Å². The third-order valence-electron chi connectivity index (χ3n) is 5.26. The highest BCUT2D eigenvalue weighted by atomic mass is 16.2. The van der Waals surface area contributed by atoms with Gasteiger partial charge >= 0.3 is 0 Å². The predicted molar refractivity (Wildman–Crippen MR) is 99.0 cm³/mol. The van der Waals surface area contributed by atoms with E-state index >= 15 is 0 Å². The van der Waals surface area contributed by atoms with Gasteiger partial charge in [0.15, 0.2) is 0 Å². The van der Waals surface area contributed by atoms with Crippen LogP contribution in [0.1, 0.15) is 37.7 Å². The van der Waals surface area contributed by atoms with E-state index in [1.165, 1.54) is 5.56 Å². The smallest absolute Gasteiger partial charge is 0.226 e. The van der Waals surface area contributed by atoms with E-state index in [-0.39, 0.29) is 17.7 Å². The minimum Gasteiger partial charge on any atom is -0.339 e. The fourth-order valence-corrected chi connectivity index (χ4v) is 3.70. The summed E-state index contributed by atoms with van der Waals surface area (Å²) in [5.41, 5.74) is 1.28. The number of carbonyl (C=O) groups excluding carboxylic acids is 2. The third-order valence-corrected chi connectivity index (χ3v) is 5.26. The molecule has 1 atom stereocenters. The highest BCUT2D eigenvalue weighted by Gasteiger charge is 2.28. The van der Waals surface area contributed by atoms with Crippen molar-refractivity contribution in [1.82, 2.24) is 9.80 Å². The molecule has 0 bridgehead atoms. The molecule has 0 aromatic heterocycles. The number of nitrogens with zero attached hydrogens (tertiary/aromatic N) is 2. The van der Waals surface area contributed by atoms with Gasteiger partial charge in [0.25, 0.3) is 0 Å². The Labute approximate surface area is 150 Å². The summed E-state index contributed by atoms with van der Waals surface area (Å²) in [6.07, 6.45) is 9.56. The number of carbonyl (C=O) groups is 2. The van der Waals surface area contributed by atoms with Gasteiger partial charge in [-0.25, -0.2) is 0 Å². The molecule has 25 heavy (non-hydrogen) atoms. The average Bonchev–Trinajstić information content (AvgIpc) is 2.69. The summed E-state index contributed by atoms with van der Waals surface area (Å²) >= 11 is 0. The van der Waals surface area contributed by atoms with Gasteiger partial charge in [0, 0.05) is 38.5 Å². The fourth-order valence-electron chi connectivity index (χ4n) is 3.70. The summed E-state index contributed by atoms with van der Waals surface area (Å²) in [6, 6.07) is 10.3. The van der Waals surface area contributed by atoms with Crippen LogP contribution in [-0.4, -0.2) is 47.8 Å². The van der Waals surface area contributed by atoms with Crippen LogP contribution in [0.3, 0.4) is 0 Å². The second-order valence-corrected chi connectivity index (χ2v) is 7.03. The Balaban J connectivity index is 1.38. The van der Waals surface area contributed by atoms with Crippen LogP contribution in [0.5, 0.6) is 0 Å². The third kappa shape index (κ3) is 4.94. The Kier molecular flexibility index (Phi) is 6.26. The van der Waals surface area contributed by atoms with Gasteiger partial charge in [-0.05, 0) is 37.7 Å². The van der Waals surface area contributed by atoms with Gasteiger partial charge in [-0.1, -0.05) is 42.5 Å². The number of amides is 2. The molecule has 1 aromatic carbocycles. The van der Waals surface area contributed by atoms with Crippen LogP contribution >= 0.6 is 0 Å².